The Labute approximate surface area is 124 Å². The molecule has 0 aliphatic heterocycles. The molecule has 0 aliphatic carbocycles. The predicted octanol–water partition coefficient (Wildman–Crippen LogP) is 2.54. The second-order valence-electron chi connectivity index (χ2n) is 5.65. The molecule has 0 saturated heterocycles. The van der Waals surface area contributed by atoms with E-state index in [4.69, 9.17) is 5.84 Å². The lowest BCUT2D eigenvalue weighted by Gasteiger charge is -2.16. The average Bonchev–Trinajstić information content (AvgIpc) is 2.50. The van der Waals surface area contributed by atoms with Crippen LogP contribution in [0.1, 0.15) is 31.3 Å². The van der Waals surface area contributed by atoms with Gasteiger partial charge in [0.2, 0.25) is 0 Å². The van der Waals surface area contributed by atoms with Gasteiger partial charge in [-0.25, -0.2) is 10.8 Å². The summed E-state index contributed by atoms with van der Waals surface area (Å²) in [7, 11) is 0. The van der Waals surface area contributed by atoms with Crippen molar-refractivity contribution >= 4 is 22.5 Å². The summed E-state index contributed by atoms with van der Waals surface area (Å²) < 4.78 is 0. The number of benzene rings is 1. The standard InChI is InChI=1S/C16H22N4O/c1-10(2)11(3)9-18-16(21)14-8-12-6-4-5-7-13(12)15(19-14)20-17/h4-8,10-11H,9,17H2,1-3H3,(H,18,21)(H,19,20). The van der Waals surface area contributed by atoms with E-state index in [1.165, 1.54) is 0 Å². The molecule has 0 fully saturated rings. The number of fused-ring (bicyclic) bond motifs is 1. The Bertz CT molecular complexity index is 639. The molecular weight excluding hydrogens is 264 g/mol. The molecule has 0 aliphatic rings. The van der Waals surface area contributed by atoms with Gasteiger partial charge in [0.1, 0.15) is 11.5 Å². The Morgan fingerprint density at radius 3 is 2.67 bits per heavy atom. The van der Waals surface area contributed by atoms with Crippen molar-refractivity contribution in [2.75, 3.05) is 12.0 Å². The quantitative estimate of drug-likeness (QED) is 0.583. The van der Waals surface area contributed by atoms with Crippen LogP contribution in [-0.4, -0.2) is 17.4 Å². The Hall–Kier alpha value is -2.14. The van der Waals surface area contributed by atoms with Gasteiger partial charge in [0.25, 0.3) is 5.91 Å². The number of hydrazine groups is 1. The maximum Gasteiger partial charge on any atom is 0.270 e. The topological polar surface area (TPSA) is 80.0 Å². The third-order valence-electron chi connectivity index (χ3n) is 3.83. The van der Waals surface area contributed by atoms with Crippen molar-refractivity contribution in [2.45, 2.75) is 20.8 Å². The normalized spacial score (nSPS) is 12.4. The number of aromatic nitrogens is 1. The lowest BCUT2D eigenvalue weighted by molar-refractivity contribution is 0.0940. The van der Waals surface area contributed by atoms with Crippen LogP contribution in [0.15, 0.2) is 30.3 Å². The molecular formula is C16H22N4O. The second-order valence-corrected chi connectivity index (χ2v) is 5.65. The molecule has 1 aromatic carbocycles. The first kappa shape index (κ1) is 15.3. The van der Waals surface area contributed by atoms with E-state index in [0.29, 0.717) is 29.9 Å². The largest absolute Gasteiger partial charge is 0.350 e. The lowest BCUT2D eigenvalue weighted by Crippen LogP contribution is -2.31. The molecule has 112 valence electrons. The van der Waals surface area contributed by atoms with Crippen LogP contribution in [0.3, 0.4) is 0 Å². The van der Waals surface area contributed by atoms with E-state index in [1.54, 1.807) is 6.07 Å². The van der Waals surface area contributed by atoms with Crippen LogP contribution < -0.4 is 16.6 Å². The maximum atomic E-state index is 12.2. The first-order chi connectivity index (χ1) is 10.0. The number of rotatable bonds is 5. The van der Waals surface area contributed by atoms with Gasteiger partial charge in [-0.15, -0.1) is 0 Å². The summed E-state index contributed by atoms with van der Waals surface area (Å²) in [5.74, 6) is 6.78. The van der Waals surface area contributed by atoms with Crippen molar-refractivity contribution in [3.05, 3.63) is 36.0 Å². The molecule has 1 aromatic heterocycles. The van der Waals surface area contributed by atoms with Crippen molar-refractivity contribution in [2.24, 2.45) is 17.7 Å². The van der Waals surface area contributed by atoms with Crippen LogP contribution in [0.4, 0.5) is 5.82 Å². The summed E-state index contributed by atoms with van der Waals surface area (Å²) in [5.41, 5.74) is 2.93. The molecule has 1 unspecified atom stereocenters. The van der Waals surface area contributed by atoms with Gasteiger partial charge in [-0.3, -0.25) is 4.79 Å². The van der Waals surface area contributed by atoms with Crippen LogP contribution in [0.2, 0.25) is 0 Å². The highest BCUT2D eigenvalue weighted by Gasteiger charge is 2.13. The number of nitrogen functional groups attached to an aromatic ring is 1. The Balaban J connectivity index is 2.23. The zero-order valence-electron chi connectivity index (χ0n) is 12.7. The fourth-order valence-corrected chi connectivity index (χ4v) is 2.01. The zero-order valence-corrected chi connectivity index (χ0v) is 12.7. The Morgan fingerprint density at radius 1 is 1.29 bits per heavy atom. The highest BCUT2D eigenvalue weighted by atomic mass is 16.1. The second kappa shape index (κ2) is 6.54. The summed E-state index contributed by atoms with van der Waals surface area (Å²) in [6.07, 6.45) is 0. The predicted molar refractivity (Wildman–Crippen MR) is 85.9 cm³/mol. The van der Waals surface area contributed by atoms with Gasteiger partial charge < -0.3 is 10.7 Å². The number of hydrogen-bond donors (Lipinski definition) is 3. The number of carbonyl (C=O) groups is 1. The molecule has 0 bridgehead atoms. The van der Waals surface area contributed by atoms with E-state index in [9.17, 15) is 4.79 Å². The third kappa shape index (κ3) is 3.49. The van der Waals surface area contributed by atoms with Gasteiger partial charge in [0.15, 0.2) is 0 Å². The molecule has 5 heteroatoms. The fourth-order valence-electron chi connectivity index (χ4n) is 2.01. The van der Waals surface area contributed by atoms with Crippen LogP contribution in [0, 0.1) is 11.8 Å². The smallest absolute Gasteiger partial charge is 0.270 e. The fraction of sp³-hybridized carbons (Fsp3) is 0.375. The zero-order chi connectivity index (χ0) is 15.4. The van der Waals surface area contributed by atoms with E-state index in [1.807, 2.05) is 24.3 Å². The van der Waals surface area contributed by atoms with Crippen molar-refractivity contribution in [1.82, 2.24) is 10.3 Å². The number of nitrogens with zero attached hydrogens (tertiary/aromatic N) is 1. The van der Waals surface area contributed by atoms with Crippen LogP contribution >= 0.6 is 0 Å². The summed E-state index contributed by atoms with van der Waals surface area (Å²) in [5, 5.41) is 4.75. The first-order valence-corrected chi connectivity index (χ1v) is 7.17. The summed E-state index contributed by atoms with van der Waals surface area (Å²) in [6, 6.07) is 9.47. The van der Waals surface area contributed by atoms with Gasteiger partial charge in [0.05, 0.1) is 0 Å². The van der Waals surface area contributed by atoms with Crippen molar-refractivity contribution in [1.29, 1.82) is 0 Å². The molecule has 2 aromatic rings. The minimum atomic E-state index is -0.176. The maximum absolute atomic E-state index is 12.2. The SMILES string of the molecule is CC(C)C(C)CNC(=O)c1cc2ccccc2c(NN)n1. The minimum Gasteiger partial charge on any atom is -0.350 e. The number of carbonyl (C=O) groups excluding carboxylic acids is 1. The van der Waals surface area contributed by atoms with Gasteiger partial charge in [0, 0.05) is 11.9 Å². The monoisotopic (exact) mass is 286 g/mol. The molecule has 2 rings (SSSR count). The Morgan fingerprint density at radius 2 is 2.00 bits per heavy atom. The van der Waals surface area contributed by atoms with Crippen LogP contribution in [0.25, 0.3) is 10.8 Å². The van der Waals surface area contributed by atoms with Crippen molar-refractivity contribution < 1.29 is 4.79 Å². The average molecular weight is 286 g/mol. The van der Waals surface area contributed by atoms with Gasteiger partial charge >= 0.3 is 0 Å². The number of amides is 1. The molecule has 5 nitrogen and oxygen atoms in total. The van der Waals surface area contributed by atoms with E-state index in [2.05, 4.69) is 36.5 Å². The summed E-state index contributed by atoms with van der Waals surface area (Å²) in [6.45, 7) is 7.03. The summed E-state index contributed by atoms with van der Waals surface area (Å²) >= 11 is 0. The number of hydrogen-bond acceptors (Lipinski definition) is 4. The van der Waals surface area contributed by atoms with Gasteiger partial charge in [-0.05, 0) is 23.3 Å². The number of anilines is 1. The number of pyridine rings is 1. The molecule has 21 heavy (non-hydrogen) atoms. The minimum absolute atomic E-state index is 0.176. The Kier molecular flexibility index (Phi) is 4.75. The van der Waals surface area contributed by atoms with Crippen molar-refractivity contribution in [3.63, 3.8) is 0 Å². The molecule has 1 atom stereocenters. The lowest BCUT2D eigenvalue weighted by atomic mass is 9.98. The van der Waals surface area contributed by atoms with E-state index in [-0.39, 0.29) is 5.91 Å². The van der Waals surface area contributed by atoms with Crippen LogP contribution in [-0.2, 0) is 0 Å². The van der Waals surface area contributed by atoms with E-state index < -0.39 is 0 Å². The highest BCUT2D eigenvalue weighted by molar-refractivity contribution is 6.00. The van der Waals surface area contributed by atoms with Gasteiger partial charge in [-0.1, -0.05) is 45.0 Å². The first-order valence-electron chi connectivity index (χ1n) is 7.17. The highest BCUT2D eigenvalue weighted by Crippen LogP contribution is 2.21. The van der Waals surface area contributed by atoms with Crippen molar-refractivity contribution in [3.8, 4) is 0 Å². The molecule has 0 spiro atoms. The number of nitrogens with one attached hydrogen (secondary N) is 2. The van der Waals surface area contributed by atoms with E-state index in [0.717, 1.165) is 10.8 Å². The molecule has 1 amide bonds. The third-order valence-corrected chi connectivity index (χ3v) is 3.83. The molecule has 1 heterocycles. The summed E-state index contributed by atoms with van der Waals surface area (Å²) in [4.78, 5) is 16.5. The number of nitrogens with two attached hydrogens (primary N) is 1. The van der Waals surface area contributed by atoms with E-state index >= 15 is 0 Å². The molecule has 0 saturated carbocycles. The molecule has 4 N–H and O–H groups in total. The van der Waals surface area contributed by atoms with Crippen LogP contribution in [0.5, 0.6) is 0 Å². The van der Waals surface area contributed by atoms with Gasteiger partial charge in [-0.2, -0.15) is 0 Å². The molecule has 0 radical (unpaired) electrons.